The maximum atomic E-state index is 11.9. The van der Waals surface area contributed by atoms with Crippen molar-refractivity contribution in [1.29, 1.82) is 0 Å². The van der Waals surface area contributed by atoms with E-state index in [2.05, 4.69) is 41.4 Å². The van der Waals surface area contributed by atoms with E-state index in [1.54, 1.807) is 7.05 Å². The highest BCUT2D eigenvalue weighted by atomic mass is 19.4. The van der Waals surface area contributed by atoms with Gasteiger partial charge in [-0.3, -0.25) is 9.69 Å². The van der Waals surface area contributed by atoms with Crippen molar-refractivity contribution in [2.45, 2.75) is 38.3 Å². The smallest absolute Gasteiger partial charge is 0.475 e. The molecular weight excluding hydrogens is 365 g/mol. The number of ether oxygens (including phenoxy) is 1. The average molecular weight is 388 g/mol. The van der Waals surface area contributed by atoms with E-state index >= 15 is 0 Å². The number of hydrogen-bond acceptors (Lipinski definition) is 4. The number of amides is 1. The molecule has 0 radical (unpaired) electrons. The minimum absolute atomic E-state index is 0.0203. The van der Waals surface area contributed by atoms with Crippen LogP contribution in [0.25, 0.3) is 0 Å². The number of aliphatic carboxylic acids is 1. The molecule has 9 heteroatoms. The van der Waals surface area contributed by atoms with Gasteiger partial charge in [-0.1, -0.05) is 24.3 Å². The Balaban J connectivity index is 0.000000321. The molecule has 0 aliphatic carbocycles. The van der Waals surface area contributed by atoms with Gasteiger partial charge < -0.3 is 15.2 Å². The first-order valence-electron chi connectivity index (χ1n) is 8.55. The van der Waals surface area contributed by atoms with E-state index in [0.717, 1.165) is 26.1 Å². The molecule has 2 N–H and O–H groups in total. The van der Waals surface area contributed by atoms with Crippen LogP contribution in [0.15, 0.2) is 24.3 Å². The molecule has 2 aliphatic heterocycles. The van der Waals surface area contributed by atoms with E-state index in [9.17, 15) is 18.0 Å². The number of hydrogen-bond donors (Lipinski definition) is 2. The van der Waals surface area contributed by atoms with Crippen molar-refractivity contribution in [2.75, 3.05) is 20.1 Å². The van der Waals surface area contributed by atoms with Crippen molar-refractivity contribution in [3.8, 4) is 0 Å². The van der Waals surface area contributed by atoms with Gasteiger partial charge in [0.15, 0.2) is 0 Å². The van der Waals surface area contributed by atoms with Gasteiger partial charge in [-0.05, 0) is 24.5 Å². The van der Waals surface area contributed by atoms with Crippen molar-refractivity contribution in [3.63, 3.8) is 0 Å². The number of alkyl halides is 3. The van der Waals surface area contributed by atoms with Gasteiger partial charge in [0.25, 0.3) is 0 Å². The number of nitrogens with zero attached hydrogens (tertiary/aromatic N) is 1. The predicted molar refractivity (Wildman–Crippen MR) is 91.0 cm³/mol. The molecule has 1 amide bonds. The molecular formula is C18H23F3N2O4. The predicted octanol–water partition coefficient (Wildman–Crippen LogP) is 1.96. The number of likely N-dealkylation sites (tertiary alicyclic amines) is 1. The summed E-state index contributed by atoms with van der Waals surface area (Å²) in [6.07, 6.45) is -3.97. The molecule has 2 bridgehead atoms. The van der Waals surface area contributed by atoms with Crippen molar-refractivity contribution in [1.82, 2.24) is 10.2 Å². The Morgan fingerprint density at radius 2 is 1.93 bits per heavy atom. The molecule has 3 unspecified atom stereocenters. The summed E-state index contributed by atoms with van der Waals surface area (Å²) in [6, 6.07) is 8.49. The molecule has 2 fully saturated rings. The van der Waals surface area contributed by atoms with Gasteiger partial charge in [0, 0.05) is 26.7 Å². The quantitative estimate of drug-likeness (QED) is 0.828. The Morgan fingerprint density at radius 1 is 1.30 bits per heavy atom. The monoisotopic (exact) mass is 388 g/mol. The number of morpholine rings is 1. The van der Waals surface area contributed by atoms with Crippen LogP contribution >= 0.6 is 0 Å². The second-order valence-electron chi connectivity index (χ2n) is 6.68. The molecule has 0 aromatic heterocycles. The maximum Gasteiger partial charge on any atom is 0.490 e. The second kappa shape index (κ2) is 8.71. The number of carboxylic acids is 1. The fourth-order valence-corrected chi connectivity index (χ4v) is 3.36. The van der Waals surface area contributed by atoms with Crippen molar-refractivity contribution in [2.24, 2.45) is 5.92 Å². The SMILES string of the molecule is CNC(=O)C1CC2CN(Cc3ccccc3C)CC1O2.O=C(O)C(F)(F)F. The summed E-state index contributed by atoms with van der Waals surface area (Å²) in [7, 11) is 1.70. The van der Waals surface area contributed by atoms with Crippen LogP contribution in [-0.2, 0) is 20.9 Å². The van der Waals surface area contributed by atoms with E-state index < -0.39 is 12.1 Å². The molecule has 3 atom stereocenters. The highest BCUT2D eigenvalue weighted by Crippen LogP contribution is 2.32. The Morgan fingerprint density at radius 3 is 2.48 bits per heavy atom. The number of fused-ring (bicyclic) bond motifs is 2. The second-order valence-corrected chi connectivity index (χ2v) is 6.68. The first-order chi connectivity index (χ1) is 12.6. The molecule has 2 heterocycles. The lowest BCUT2D eigenvalue weighted by Gasteiger charge is -2.33. The molecule has 1 aromatic rings. The third kappa shape index (κ3) is 5.67. The molecule has 1 aromatic carbocycles. The third-order valence-corrected chi connectivity index (χ3v) is 4.71. The minimum Gasteiger partial charge on any atom is -0.475 e. The van der Waals surface area contributed by atoms with Crippen LogP contribution in [0.2, 0.25) is 0 Å². The fourth-order valence-electron chi connectivity index (χ4n) is 3.36. The topological polar surface area (TPSA) is 78.9 Å². The van der Waals surface area contributed by atoms with Gasteiger partial charge in [-0.2, -0.15) is 13.2 Å². The van der Waals surface area contributed by atoms with Crippen LogP contribution in [0, 0.1) is 12.8 Å². The first-order valence-corrected chi connectivity index (χ1v) is 8.55. The number of rotatable bonds is 3. The van der Waals surface area contributed by atoms with Crippen LogP contribution in [0.1, 0.15) is 17.5 Å². The van der Waals surface area contributed by atoms with Crippen LogP contribution in [-0.4, -0.2) is 60.4 Å². The van der Waals surface area contributed by atoms with Gasteiger partial charge in [-0.25, -0.2) is 4.79 Å². The number of aryl methyl sites for hydroxylation is 1. The summed E-state index contributed by atoms with van der Waals surface area (Å²) in [4.78, 5) is 23.2. The van der Waals surface area contributed by atoms with E-state index in [4.69, 9.17) is 14.6 Å². The highest BCUT2D eigenvalue weighted by molar-refractivity contribution is 5.79. The van der Waals surface area contributed by atoms with Crippen molar-refractivity contribution < 1.29 is 32.6 Å². The third-order valence-electron chi connectivity index (χ3n) is 4.71. The van der Waals surface area contributed by atoms with Crippen LogP contribution < -0.4 is 5.32 Å². The van der Waals surface area contributed by atoms with Crippen LogP contribution in [0.5, 0.6) is 0 Å². The zero-order valence-corrected chi connectivity index (χ0v) is 15.1. The lowest BCUT2D eigenvalue weighted by molar-refractivity contribution is -0.192. The summed E-state index contributed by atoms with van der Waals surface area (Å²) in [5, 5.41) is 9.88. The van der Waals surface area contributed by atoms with Gasteiger partial charge in [0.1, 0.15) is 0 Å². The zero-order valence-electron chi connectivity index (χ0n) is 15.1. The van der Waals surface area contributed by atoms with Gasteiger partial charge in [0.2, 0.25) is 5.91 Å². The molecule has 2 saturated heterocycles. The Bertz CT molecular complexity index is 681. The van der Waals surface area contributed by atoms with E-state index in [0.29, 0.717) is 0 Å². The standard InChI is InChI=1S/C16H22N2O2.C2HF3O2/c1-11-5-3-4-6-12(11)8-18-9-13-7-14(16(19)17-2)15(10-18)20-13;3-2(4,5)1(6)7/h3-6,13-15H,7-10H2,1-2H3,(H,17,19);(H,6,7). The average Bonchev–Trinajstić information content (AvgIpc) is 2.90. The van der Waals surface area contributed by atoms with Crippen LogP contribution in [0.4, 0.5) is 13.2 Å². The first kappa shape index (κ1) is 21.2. The van der Waals surface area contributed by atoms with Gasteiger partial charge >= 0.3 is 12.1 Å². The molecule has 3 rings (SSSR count). The summed E-state index contributed by atoms with van der Waals surface area (Å²) in [6.45, 7) is 4.88. The van der Waals surface area contributed by atoms with E-state index in [1.807, 2.05) is 0 Å². The Hall–Kier alpha value is -2.13. The number of carbonyl (C=O) groups is 2. The molecule has 0 spiro atoms. The van der Waals surface area contributed by atoms with Gasteiger partial charge in [0.05, 0.1) is 18.1 Å². The lowest BCUT2D eigenvalue weighted by Crippen LogP contribution is -2.44. The fraction of sp³-hybridized carbons (Fsp3) is 0.556. The highest BCUT2D eigenvalue weighted by Gasteiger charge is 2.44. The summed E-state index contributed by atoms with van der Waals surface area (Å²) in [5.74, 6) is -2.62. The van der Waals surface area contributed by atoms with Crippen LogP contribution in [0.3, 0.4) is 0 Å². The van der Waals surface area contributed by atoms with Crippen molar-refractivity contribution in [3.05, 3.63) is 35.4 Å². The van der Waals surface area contributed by atoms with E-state index in [-0.39, 0.29) is 24.0 Å². The minimum atomic E-state index is -5.08. The normalized spacial score (nSPS) is 24.7. The van der Waals surface area contributed by atoms with E-state index in [1.165, 1.54) is 11.1 Å². The molecule has 2 aliphatic rings. The number of carboxylic acid groups (broad SMARTS) is 1. The summed E-state index contributed by atoms with van der Waals surface area (Å²) >= 11 is 0. The number of halogens is 3. The largest absolute Gasteiger partial charge is 0.490 e. The number of benzene rings is 1. The molecule has 6 nitrogen and oxygen atoms in total. The Kier molecular flexibility index (Phi) is 6.83. The molecule has 150 valence electrons. The van der Waals surface area contributed by atoms with Crippen molar-refractivity contribution >= 4 is 11.9 Å². The number of carbonyl (C=O) groups excluding carboxylic acids is 1. The molecule has 27 heavy (non-hydrogen) atoms. The summed E-state index contributed by atoms with van der Waals surface area (Å²) < 4.78 is 37.7. The Labute approximate surface area is 155 Å². The van der Waals surface area contributed by atoms with Gasteiger partial charge in [-0.15, -0.1) is 0 Å². The summed E-state index contributed by atoms with van der Waals surface area (Å²) in [5.41, 5.74) is 2.69. The number of nitrogens with one attached hydrogen (secondary N) is 1. The maximum absolute atomic E-state index is 11.9. The lowest BCUT2D eigenvalue weighted by atomic mass is 10.00. The zero-order chi connectivity index (χ0) is 20.2. The molecule has 0 saturated carbocycles.